The lowest BCUT2D eigenvalue weighted by molar-refractivity contribution is 0.457. The highest BCUT2D eigenvalue weighted by molar-refractivity contribution is 7.80. The first kappa shape index (κ1) is 11.0. The smallest absolute Gasteiger partial charge is 0.230 e. The fourth-order valence-electron chi connectivity index (χ4n) is 1.71. The first-order chi connectivity index (χ1) is 8.84. The summed E-state index contributed by atoms with van der Waals surface area (Å²) >= 11 is 4.35. The van der Waals surface area contributed by atoms with Gasteiger partial charge in [-0.05, 0) is 24.3 Å². The molecule has 0 radical (unpaired) electrons. The number of benzene rings is 2. The van der Waals surface area contributed by atoms with Crippen molar-refractivity contribution in [2.24, 2.45) is 0 Å². The van der Waals surface area contributed by atoms with Crippen molar-refractivity contribution in [3.8, 4) is 11.6 Å². The Balaban J connectivity index is 2.08. The third-order valence-corrected chi connectivity index (χ3v) is 2.95. The second-order valence-electron chi connectivity index (χ2n) is 3.77. The molecule has 0 unspecified atom stereocenters. The summed E-state index contributed by atoms with van der Waals surface area (Å²) in [5.41, 5.74) is 0.860. The molecule has 0 saturated carbocycles. The first-order valence-corrected chi connectivity index (χ1v) is 5.95. The van der Waals surface area contributed by atoms with Gasteiger partial charge >= 0.3 is 0 Å². The summed E-state index contributed by atoms with van der Waals surface area (Å²) in [7, 11) is 0. The molecule has 3 aromatic rings. The van der Waals surface area contributed by atoms with E-state index in [2.05, 4.69) is 22.6 Å². The lowest BCUT2D eigenvalue weighted by Gasteiger charge is -2.08. The summed E-state index contributed by atoms with van der Waals surface area (Å²) in [5.74, 6) is 1.23. The highest BCUT2D eigenvalue weighted by Crippen LogP contribution is 2.30. The quantitative estimate of drug-likeness (QED) is 0.708. The molecule has 3 nitrogen and oxygen atoms in total. The number of para-hydroxylation sites is 2. The highest BCUT2D eigenvalue weighted by atomic mass is 32.1. The molecule has 0 saturated heterocycles. The Morgan fingerprint density at radius 3 is 2.56 bits per heavy atom. The molecular formula is C14H10N2OS. The van der Waals surface area contributed by atoms with Crippen LogP contribution < -0.4 is 4.74 Å². The number of rotatable bonds is 2. The zero-order valence-corrected chi connectivity index (χ0v) is 10.3. The SMILES string of the molecule is Sc1ccccc1Oc1ncnc2ccccc12. The monoisotopic (exact) mass is 254 g/mol. The van der Waals surface area contributed by atoms with Crippen LogP contribution in [-0.4, -0.2) is 9.97 Å². The van der Waals surface area contributed by atoms with E-state index in [-0.39, 0.29) is 0 Å². The summed E-state index contributed by atoms with van der Waals surface area (Å²) in [6, 6.07) is 15.3. The van der Waals surface area contributed by atoms with E-state index in [4.69, 9.17) is 4.74 Å². The topological polar surface area (TPSA) is 35.0 Å². The van der Waals surface area contributed by atoms with E-state index in [0.29, 0.717) is 11.6 Å². The summed E-state index contributed by atoms with van der Waals surface area (Å²) in [5, 5.41) is 0.886. The number of hydrogen-bond donors (Lipinski definition) is 1. The molecule has 2 aromatic carbocycles. The second kappa shape index (κ2) is 4.66. The van der Waals surface area contributed by atoms with E-state index in [0.717, 1.165) is 15.8 Å². The first-order valence-electron chi connectivity index (χ1n) is 5.50. The minimum absolute atomic E-state index is 0.544. The van der Waals surface area contributed by atoms with Crippen molar-refractivity contribution in [1.29, 1.82) is 0 Å². The van der Waals surface area contributed by atoms with Gasteiger partial charge in [0.2, 0.25) is 5.88 Å². The van der Waals surface area contributed by atoms with Crippen molar-refractivity contribution in [1.82, 2.24) is 9.97 Å². The maximum atomic E-state index is 5.79. The van der Waals surface area contributed by atoms with E-state index in [1.165, 1.54) is 6.33 Å². The van der Waals surface area contributed by atoms with Crippen molar-refractivity contribution in [3.05, 3.63) is 54.9 Å². The normalized spacial score (nSPS) is 10.5. The van der Waals surface area contributed by atoms with E-state index in [1.54, 1.807) is 0 Å². The van der Waals surface area contributed by atoms with E-state index in [1.807, 2.05) is 48.5 Å². The Kier molecular flexibility index (Phi) is 2.86. The van der Waals surface area contributed by atoms with Crippen LogP contribution in [0.25, 0.3) is 10.9 Å². The number of hydrogen-bond acceptors (Lipinski definition) is 4. The van der Waals surface area contributed by atoms with Crippen molar-refractivity contribution in [2.75, 3.05) is 0 Å². The Morgan fingerprint density at radius 1 is 0.889 bits per heavy atom. The van der Waals surface area contributed by atoms with Crippen LogP contribution in [0.1, 0.15) is 0 Å². The Morgan fingerprint density at radius 2 is 1.67 bits per heavy atom. The highest BCUT2D eigenvalue weighted by Gasteiger charge is 2.06. The predicted octanol–water partition coefficient (Wildman–Crippen LogP) is 3.71. The van der Waals surface area contributed by atoms with E-state index in [9.17, 15) is 0 Å². The molecule has 0 N–H and O–H groups in total. The largest absolute Gasteiger partial charge is 0.437 e. The maximum absolute atomic E-state index is 5.79. The van der Waals surface area contributed by atoms with Gasteiger partial charge in [0.1, 0.15) is 12.1 Å². The van der Waals surface area contributed by atoms with Crippen molar-refractivity contribution in [2.45, 2.75) is 4.90 Å². The van der Waals surface area contributed by atoms with Gasteiger partial charge in [0.25, 0.3) is 0 Å². The average molecular weight is 254 g/mol. The van der Waals surface area contributed by atoms with E-state index >= 15 is 0 Å². The molecule has 0 bridgehead atoms. The fourth-order valence-corrected chi connectivity index (χ4v) is 1.92. The molecule has 1 aromatic heterocycles. The Bertz CT molecular complexity index is 695. The molecule has 3 rings (SSSR count). The van der Waals surface area contributed by atoms with Crippen LogP contribution in [-0.2, 0) is 0 Å². The summed E-state index contributed by atoms with van der Waals surface area (Å²) in [6.07, 6.45) is 1.50. The van der Waals surface area contributed by atoms with Crippen LogP contribution in [0.15, 0.2) is 59.8 Å². The number of fused-ring (bicyclic) bond motifs is 1. The third-order valence-electron chi connectivity index (χ3n) is 2.58. The molecule has 0 fully saturated rings. The molecule has 0 aliphatic carbocycles. The molecule has 4 heteroatoms. The average Bonchev–Trinajstić information content (AvgIpc) is 2.42. The van der Waals surface area contributed by atoms with Gasteiger partial charge in [0.05, 0.1) is 10.9 Å². The van der Waals surface area contributed by atoms with Crippen LogP contribution in [0, 0.1) is 0 Å². The van der Waals surface area contributed by atoms with Crippen LogP contribution in [0.5, 0.6) is 11.6 Å². The van der Waals surface area contributed by atoms with Crippen molar-refractivity contribution < 1.29 is 4.74 Å². The predicted molar refractivity (Wildman–Crippen MR) is 73.3 cm³/mol. The maximum Gasteiger partial charge on any atom is 0.230 e. The van der Waals surface area contributed by atoms with Gasteiger partial charge in [-0.2, -0.15) is 0 Å². The van der Waals surface area contributed by atoms with Gasteiger partial charge in [0.15, 0.2) is 0 Å². The Hall–Kier alpha value is -2.07. The zero-order valence-electron chi connectivity index (χ0n) is 9.45. The summed E-state index contributed by atoms with van der Waals surface area (Å²) in [6.45, 7) is 0. The minimum Gasteiger partial charge on any atom is -0.437 e. The molecule has 0 amide bonds. The molecule has 18 heavy (non-hydrogen) atoms. The van der Waals surface area contributed by atoms with Crippen molar-refractivity contribution >= 4 is 23.5 Å². The van der Waals surface area contributed by atoms with Gasteiger partial charge in [-0.1, -0.05) is 24.3 Å². The van der Waals surface area contributed by atoms with Gasteiger partial charge in [-0.15, -0.1) is 12.6 Å². The summed E-state index contributed by atoms with van der Waals surface area (Å²) < 4.78 is 5.79. The molecule has 88 valence electrons. The molecule has 0 atom stereocenters. The molecule has 0 spiro atoms. The van der Waals surface area contributed by atoms with Crippen molar-refractivity contribution in [3.63, 3.8) is 0 Å². The summed E-state index contributed by atoms with van der Waals surface area (Å²) in [4.78, 5) is 9.15. The Labute approximate surface area is 110 Å². The third kappa shape index (κ3) is 2.02. The standard InChI is InChI=1S/C14H10N2OS/c18-13-8-4-3-7-12(13)17-14-10-5-1-2-6-11(10)15-9-16-14/h1-9,18H. The minimum atomic E-state index is 0.544. The number of aromatic nitrogens is 2. The van der Waals surface area contributed by atoms with Gasteiger partial charge in [-0.3, -0.25) is 0 Å². The van der Waals surface area contributed by atoms with Gasteiger partial charge in [-0.25, -0.2) is 9.97 Å². The van der Waals surface area contributed by atoms with E-state index < -0.39 is 0 Å². The fraction of sp³-hybridized carbons (Fsp3) is 0. The molecule has 0 aliphatic heterocycles. The van der Waals surface area contributed by atoms with Crippen LogP contribution in [0.2, 0.25) is 0 Å². The lowest BCUT2D eigenvalue weighted by atomic mass is 10.2. The molecule has 0 aliphatic rings. The zero-order chi connectivity index (χ0) is 12.4. The van der Waals surface area contributed by atoms with Crippen LogP contribution in [0.4, 0.5) is 0 Å². The van der Waals surface area contributed by atoms with Gasteiger partial charge in [0, 0.05) is 4.90 Å². The van der Waals surface area contributed by atoms with Crippen LogP contribution >= 0.6 is 12.6 Å². The van der Waals surface area contributed by atoms with Crippen LogP contribution in [0.3, 0.4) is 0 Å². The second-order valence-corrected chi connectivity index (χ2v) is 4.25. The van der Waals surface area contributed by atoms with Gasteiger partial charge < -0.3 is 4.74 Å². The lowest BCUT2D eigenvalue weighted by Crippen LogP contribution is -1.91. The number of thiol groups is 1. The number of ether oxygens (including phenoxy) is 1. The molecule has 1 heterocycles. The molecular weight excluding hydrogens is 244 g/mol. The number of nitrogens with zero attached hydrogens (tertiary/aromatic N) is 2.